The lowest BCUT2D eigenvalue weighted by Crippen LogP contribution is -2.57. The summed E-state index contributed by atoms with van der Waals surface area (Å²) in [5, 5.41) is 12.8. The first-order valence-corrected chi connectivity index (χ1v) is 10.8. The van der Waals surface area contributed by atoms with Crippen molar-refractivity contribution in [3.05, 3.63) is 29.3 Å². The number of nitrogens with zero attached hydrogens (tertiary/aromatic N) is 3. The molecule has 0 saturated carbocycles. The quantitative estimate of drug-likeness (QED) is 0.829. The molecule has 0 radical (unpaired) electrons. The van der Waals surface area contributed by atoms with E-state index in [2.05, 4.69) is 50.8 Å². The average molecular weight is 388 g/mol. The fourth-order valence-electron chi connectivity index (χ4n) is 4.58. The zero-order valence-electron chi connectivity index (χ0n) is 16.3. The lowest BCUT2D eigenvalue weighted by atomic mass is 9.74. The van der Waals surface area contributed by atoms with E-state index in [1.807, 2.05) is 13.8 Å². The lowest BCUT2D eigenvalue weighted by molar-refractivity contribution is 0.0294. The van der Waals surface area contributed by atoms with Crippen molar-refractivity contribution in [3.63, 3.8) is 0 Å². The Morgan fingerprint density at radius 1 is 1.44 bits per heavy atom. The number of hydrogen-bond acceptors (Lipinski definition) is 4. The van der Waals surface area contributed by atoms with Crippen molar-refractivity contribution >= 4 is 17.4 Å². The molecule has 3 aliphatic heterocycles. The Morgan fingerprint density at radius 2 is 2.30 bits per heavy atom. The van der Waals surface area contributed by atoms with E-state index in [1.165, 1.54) is 17.0 Å². The summed E-state index contributed by atoms with van der Waals surface area (Å²) in [4.78, 5) is 15.7. The molecule has 2 amide bonds. The standard InChI is InChI=1S/C20H29N5OS/c1-13(2)22-20(26)21-11-15-9-14-6-7-25(15)12-16(14)18-10-17(23-24(18)3)19-5-4-8-27-19/h4-5,8,10,13-16H,6-7,9,11-12H2,1-3H3,(H2,21,22,26)/t14-,15-,16+/m1/s1. The highest BCUT2D eigenvalue weighted by Crippen LogP contribution is 2.42. The predicted octanol–water partition coefficient (Wildman–Crippen LogP) is 3.03. The number of thiophene rings is 1. The SMILES string of the molecule is CC(C)NC(=O)NC[C@H]1C[C@H]2CCN1C[C@@H]2c1cc(-c2cccs2)nn1C. The highest BCUT2D eigenvalue weighted by molar-refractivity contribution is 7.13. The molecule has 2 aromatic rings. The van der Waals surface area contributed by atoms with E-state index in [0.717, 1.165) is 31.7 Å². The van der Waals surface area contributed by atoms with Gasteiger partial charge in [0.15, 0.2) is 0 Å². The Balaban J connectivity index is 1.41. The molecule has 0 aromatic carbocycles. The molecular formula is C20H29N5OS. The first kappa shape index (κ1) is 18.5. The third kappa shape index (κ3) is 3.89. The number of amides is 2. The van der Waals surface area contributed by atoms with Gasteiger partial charge in [-0.15, -0.1) is 11.3 Å². The van der Waals surface area contributed by atoms with Crippen LogP contribution in [0.2, 0.25) is 0 Å². The van der Waals surface area contributed by atoms with Crippen LogP contribution in [0.4, 0.5) is 4.79 Å². The number of rotatable bonds is 5. The Hall–Kier alpha value is -1.86. The number of fused-ring (bicyclic) bond motifs is 3. The van der Waals surface area contributed by atoms with Crippen molar-refractivity contribution in [2.45, 2.75) is 44.7 Å². The Bertz CT molecular complexity index is 784. The molecule has 3 saturated heterocycles. The molecule has 3 aliphatic rings. The van der Waals surface area contributed by atoms with Crippen molar-refractivity contribution in [2.75, 3.05) is 19.6 Å². The molecule has 6 nitrogen and oxygen atoms in total. The highest BCUT2D eigenvalue weighted by atomic mass is 32.1. The number of aryl methyl sites for hydroxylation is 1. The van der Waals surface area contributed by atoms with Crippen LogP contribution in [0.1, 0.15) is 38.3 Å². The molecule has 146 valence electrons. The maximum Gasteiger partial charge on any atom is 0.315 e. The Labute approximate surface area is 164 Å². The number of carbonyl (C=O) groups excluding carboxylic acids is 1. The molecule has 3 fully saturated rings. The van der Waals surface area contributed by atoms with E-state index in [9.17, 15) is 4.79 Å². The molecule has 0 aliphatic carbocycles. The second-order valence-electron chi connectivity index (χ2n) is 8.10. The summed E-state index contributed by atoms with van der Waals surface area (Å²) in [5.41, 5.74) is 2.43. The molecular weight excluding hydrogens is 358 g/mol. The van der Waals surface area contributed by atoms with Gasteiger partial charge in [-0.05, 0) is 56.7 Å². The van der Waals surface area contributed by atoms with Crippen molar-refractivity contribution in [1.82, 2.24) is 25.3 Å². The fourth-order valence-corrected chi connectivity index (χ4v) is 5.26. The van der Waals surface area contributed by atoms with Gasteiger partial charge < -0.3 is 10.6 Å². The van der Waals surface area contributed by atoms with Gasteiger partial charge in [0, 0.05) is 43.8 Å². The van der Waals surface area contributed by atoms with E-state index < -0.39 is 0 Å². The zero-order chi connectivity index (χ0) is 19.0. The minimum Gasteiger partial charge on any atom is -0.337 e. The van der Waals surface area contributed by atoms with Crippen LogP contribution in [0.3, 0.4) is 0 Å². The van der Waals surface area contributed by atoms with Crippen molar-refractivity contribution in [1.29, 1.82) is 0 Å². The zero-order valence-corrected chi connectivity index (χ0v) is 17.1. The number of aromatic nitrogens is 2. The van der Waals surface area contributed by atoms with Gasteiger partial charge >= 0.3 is 6.03 Å². The van der Waals surface area contributed by atoms with Crippen LogP contribution in [0.5, 0.6) is 0 Å². The largest absolute Gasteiger partial charge is 0.337 e. The topological polar surface area (TPSA) is 62.2 Å². The Kier molecular flexibility index (Phi) is 5.23. The molecule has 5 rings (SSSR count). The van der Waals surface area contributed by atoms with E-state index in [1.54, 1.807) is 11.3 Å². The number of hydrogen-bond donors (Lipinski definition) is 2. The van der Waals surface area contributed by atoms with E-state index >= 15 is 0 Å². The Morgan fingerprint density at radius 3 is 2.96 bits per heavy atom. The van der Waals surface area contributed by atoms with Crippen LogP contribution in [0, 0.1) is 5.92 Å². The number of urea groups is 1. The molecule has 27 heavy (non-hydrogen) atoms. The van der Waals surface area contributed by atoms with Crippen LogP contribution in [-0.2, 0) is 7.05 Å². The van der Waals surface area contributed by atoms with Gasteiger partial charge in [-0.1, -0.05) is 6.07 Å². The smallest absolute Gasteiger partial charge is 0.315 e. The molecule has 4 atom stereocenters. The minimum atomic E-state index is -0.0589. The predicted molar refractivity (Wildman–Crippen MR) is 109 cm³/mol. The van der Waals surface area contributed by atoms with Gasteiger partial charge in [0.25, 0.3) is 0 Å². The first-order valence-electron chi connectivity index (χ1n) is 9.87. The molecule has 2 N–H and O–H groups in total. The average Bonchev–Trinajstić information content (AvgIpc) is 3.29. The van der Waals surface area contributed by atoms with Crippen LogP contribution >= 0.6 is 11.3 Å². The second-order valence-corrected chi connectivity index (χ2v) is 9.05. The van der Waals surface area contributed by atoms with Gasteiger partial charge in [-0.3, -0.25) is 9.58 Å². The molecule has 7 heteroatoms. The third-order valence-corrected chi connectivity index (χ3v) is 6.76. The van der Waals surface area contributed by atoms with E-state index in [0.29, 0.717) is 17.9 Å². The van der Waals surface area contributed by atoms with Crippen molar-refractivity contribution in [2.24, 2.45) is 13.0 Å². The van der Waals surface area contributed by atoms with Crippen LogP contribution in [-0.4, -0.2) is 52.4 Å². The summed E-state index contributed by atoms with van der Waals surface area (Å²) in [5.74, 6) is 1.20. The molecule has 2 aromatic heterocycles. The summed E-state index contributed by atoms with van der Waals surface area (Å²) < 4.78 is 2.07. The lowest BCUT2D eigenvalue weighted by Gasteiger charge is -2.49. The van der Waals surface area contributed by atoms with E-state index in [4.69, 9.17) is 5.10 Å². The van der Waals surface area contributed by atoms with Gasteiger partial charge in [0.1, 0.15) is 5.69 Å². The van der Waals surface area contributed by atoms with Gasteiger partial charge in [-0.2, -0.15) is 5.10 Å². The summed E-state index contributed by atoms with van der Waals surface area (Å²) >= 11 is 1.74. The molecule has 0 spiro atoms. The second kappa shape index (κ2) is 7.64. The van der Waals surface area contributed by atoms with E-state index in [-0.39, 0.29) is 12.1 Å². The van der Waals surface area contributed by atoms with Gasteiger partial charge in [0.2, 0.25) is 0 Å². The van der Waals surface area contributed by atoms with Gasteiger partial charge in [-0.25, -0.2) is 4.79 Å². The molecule has 1 unspecified atom stereocenters. The first-order chi connectivity index (χ1) is 13.0. The van der Waals surface area contributed by atoms with Crippen LogP contribution < -0.4 is 10.6 Å². The number of piperidine rings is 3. The summed E-state index contributed by atoms with van der Waals surface area (Å²) in [6.45, 7) is 6.89. The molecule has 5 heterocycles. The maximum absolute atomic E-state index is 11.9. The number of nitrogens with one attached hydrogen (secondary N) is 2. The van der Waals surface area contributed by atoms with Crippen LogP contribution in [0.15, 0.2) is 23.6 Å². The highest BCUT2D eigenvalue weighted by Gasteiger charge is 2.41. The van der Waals surface area contributed by atoms with Gasteiger partial charge in [0.05, 0.1) is 4.88 Å². The van der Waals surface area contributed by atoms with Crippen molar-refractivity contribution < 1.29 is 4.79 Å². The minimum absolute atomic E-state index is 0.0589. The summed E-state index contributed by atoms with van der Waals surface area (Å²) in [7, 11) is 2.07. The van der Waals surface area contributed by atoms with Crippen molar-refractivity contribution in [3.8, 4) is 10.6 Å². The third-order valence-electron chi connectivity index (χ3n) is 5.87. The maximum atomic E-state index is 11.9. The summed E-state index contributed by atoms with van der Waals surface area (Å²) in [6.07, 6.45) is 2.38. The summed E-state index contributed by atoms with van der Waals surface area (Å²) in [6, 6.07) is 7.05. The fraction of sp³-hybridized carbons (Fsp3) is 0.600. The normalized spacial score (nSPS) is 27.1. The number of carbonyl (C=O) groups is 1. The monoisotopic (exact) mass is 387 g/mol. The van der Waals surface area contributed by atoms with Crippen LogP contribution in [0.25, 0.3) is 10.6 Å². The molecule has 2 bridgehead atoms.